The predicted octanol–water partition coefficient (Wildman–Crippen LogP) is 1.91. The number of aliphatic hydroxyl groups is 1. The van der Waals surface area contributed by atoms with Gasteiger partial charge in [0.05, 0.1) is 17.4 Å². The molecule has 2 N–H and O–H groups in total. The highest BCUT2D eigenvalue weighted by molar-refractivity contribution is 8.00. The summed E-state index contributed by atoms with van der Waals surface area (Å²) in [4.78, 5) is 12.2. The zero-order chi connectivity index (χ0) is 13.0. The average molecular weight is 265 g/mol. The summed E-state index contributed by atoms with van der Waals surface area (Å²) >= 11 is 1.70. The third kappa shape index (κ3) is 2.87. The Morgan fingerprint density at radius 1 is 1.50 bits per heavy atom. The molecule has 1 heterocycles. The van der Waals surface area contributed by atoms with Crippen LogP contribution in [0, 0.1) is 0 Å². The molecule has 1 aliphatic heterocycles. The highest BCUT2D eigenvalue weighted by Gasteiger charge is 2.32. The van der Waals surface area contributed by atoms with Gasteiger partial charge in [-0.1, -0.05) is 30.3 Å². The molecule has 0 radical (unpaired) electrons. The number of carbonyl (C=O) groups excluding carboxylic acids is 1. The standard InChI is InChI=1S/C14H19NO2S/c1-14(10-16,11-6-3-2-4-7-11)15-13(17)12-8-5-9-18-12/h2-4,6-7,12,16H,5,8-10H2,1H3,(H,15,17). The van der Waals surface area contributed by atoms with Gasteiger partial charge in [0.25, 0.3) is 0 Å². The van der Waals surface area contributed by atoms with Crippen LogP contribution >= 0.6 is 11.8 Å². The fourth-order valence-electron chi connectivity index (χ4n) is 2.15. The highest BCUT2D eigenvalue weighted by Crippen LogP contribution is 2.28. The van der Waals surface area contributed by atoms with Crippen LogP contribution < -0.4 is 5.32 Å². The van der Waals surface area contributed by atoms with E-state index in [0.717, 1.165) is 24.2 Å². The summed E-state index contributed by atoms with van der Waals surface area (Å²) in [6.45, 7) is 1.76. The first-order valence-electron chi connectivity index (χ1n) is 6.26. The second-order valence-corrected chi connectivity index (χ2v) is 6.16. The first-order valence-corrected chi connectivity index (χ1v) is 7.30. The van der Waals surface area contributed by atoms with Crippen molar-refractivity contribution in [3.8, 4) is 0 Å². The first-order chi connectivity index (χ1) is 8.65. The van der Waals surface area contributed by atoms with Gasteiger partial charge in [0, 0.05) is 0 Å². The number of rotatable bonds is 4. The number of carbonyl (C=O) groups is 1. The van der Waals surface area contributed by atoms with E-state index < -0.39 is 5.54 Å². The van der Waals surface area contributed by atoms with Gasteiger partial charge in [-0.15, -0.1) is 11.8 Å². The van der Waals surface area contributed by atoms with Gasteiger partial charge in [0.2, 0.25) is 5.91 Å². The second kappa shape index (κ2) is 5.76. The number of benzene rings is 1. The van der Waals surface area contributed by atoms with Crippen LogP contribution in [0.5, 0.6) is 0 Å². The van der Waals surface area contributed by atoms with E-state index in [4.69, 9.17) is 0 Å². The average Bonchev–Trinajstić information content (AvgIpc) is 2.93. The molecule has 98 valence electrons. The van der Waals surface area contributed by atoms with E-state index in [-0.39, 0.29) is 17.8 Å². The number of hydrogen-bond acceptors (Lipinski definition) is 3. The monoisotopic (exact) mass is 265 g/mol. The Kier molecular flexibility index (Phi) is 4.30. The largest absolute Gasteiger partial charge is 0.394 e. The summed E-state index contributed by atoms with van der Waals surface area (Å²) in [7, 11) is 0. The predicted molar refractivity (Wildman–Crippen MR) is 74.5 cm³/mol. The molecule has 1 fully saturated rings. The molecule has 2 unspecified atom stereocenters. The van der Waals surface area contributed by atoms with Crippen LogP contribution in [0.2, 0.25) is 0 Å². The van der Waals surface area contributed by atoms with Crippen molar-refractivity contribution in [3.05, 3.63) is 35.9 Å². The molecular formula is C14H19NO2S. The van der Waals surface area contributed by atoms with E-state index in [1.807, 2.05) is 37.3 Å². The van der Waals surface area contributed by atoms with Crippen molar-refractivity contribution in [2.45, 2.75) is 30.6 Å². The summed E-state index contributed by atoms with van der Waals surface area (Å²) in [5.41, 5.74) is 0.241. The molecule has 1 aromatic rings. The van der Waals surface area contributed by atoms with Crippen molar-refractivity contribution >= 4 is 17.7 Å². The molecule has 1 amide bonds. The van der Waals surface area contributed by atoms with Crippen LogP contribution in [0.1, 0.15) is 25.3 Å². The Bertz CT molecular complexity index is 404. The lowest BCUT2D eigenvalue weighted by Gasteiger charge is -2.30. The second-order valence-electron chi connectivity index (χ2n) is 4.85. The van der Waals surface area contributed by atoms with Crippen molar-refractivity contribution in [2.24, 2.45) is 0 Å². The summed E-state index contributed by atoms with van der Waals surface area (Å²) < 4.78 is 0. The minimum absolute atomic E-state index is 0.0397. The van der Waals surface area contributed by atoms with Gasteiger partial charge in [0.15, 0.2) is 0 Å². The Balaban J connectivity index is 2.10. The molecule has 18 heavy (non-hydrogen) atoms. The molecular weight excluding hydrogens is 246 g/mol. The van der Waals surface area contributed by atoms with Gasteiger partial charge >= 0.3 is 0 Å². The molecule has 1 aromatic carbocycles. The van der Waals surface area contributed by atoms with E-state index in [2.05, 4.69) is 5.32 Å². The van der Waals surface area contributed by atoms with E-state index in [9.17, 15) is 9.90 Å². The Hall–Kier alpha value is -1.00. The molecule has 2 atom stereocenters. The smallest absolute Gasteiger partial charge is 0.233 e. The zero-order valence-corrected chi connectivity index (χ0v) is 11.4. The van der Waals surface area contributed by atoms with Gasteiger partial charge < -0.3 is 10.4 Å². The van der Waals surface area contributed by atoms with Crippen LogP contribution in [0.25, 0.3) is 0 Å². The molecule has 4 heteroatoms. The molecule has 0 aromatic heterocycles. The Morgan fingerprint density at radius 3 is 2.78 bits per heavy atom. The van der Waals surface area contributed by atoms with Crippen molar-refractivity contribution < 1.29 is 9.90 Å². The lowest BCUT2D eigenvalue weighted by atomic mass is 9.92. The van der Waals surface area contributed by atoms with Crippen molar-refractivity contribution in [3.63, 3.8) is 0 Å². The van der Waals surface area contributed by atoms with Gasteiger partial charge in [0.1, 0.15) is 0 Å². The topological polar surface area (TPSA) is 49.3 Å². The zero-order valence-electron chi connectivity index (χ0n) is 10.6. The highest BCUT2D eigenvalue weighted by atomic mass is 32.2. The molecule has 1 saturated heterocycles. The van der Waals surface area contributed by atoms with Gasteiger partial charge in [-0.25, -0.2) is 0 Å². The normalized spacial score (nSPS) is 22.4. The summed E-state index contributed by atoms with van der Waals surface area (Å²) in [5, 5.41) is 12.6. The first kappa shape index (κ1) is 13.4. The maximum Gasteiger partial charge on any atom is 0.233 e. The van der Waals surface area contributed by atoms with Crippen LogP contribution in [0.3, 0.4) is 0 Å². The quantitative estimate of drug-likeness (QED) is 0.874. The lowest BCUT2D eigenvalue weighted by molar-refractivity contribution is -0.123. The van der Waals surface area contributed by atoms with E-state index in [1.165, 1.54) is 0 Å². The number of amides is 1. The van der Waals surface area contributed by atoms with Crippen LogP contribution in [-0.2, 0) is 10.3 Å². The van der Waals surface area contributed by atoms with Crippen molar-refractivity contribution in [1.29, 1.82) is 0 Å². The van der Waals surface area contributed by atoms with Crippen LogP contribution in [-0.4, -0.2) is 28.6 Å². The van der Waals surface area contributed by atoms with E-state index in [1.54, 1.807) is 11.8 Å². The van der Waals surface area contributed by atoms with E-state index >= 15 is 0 Å². The third-order valence-electron chi connectivity index (χ3n) is 3.35. The van der Waals surface area contributed by atoms with E-state index in [0.29, 0.717) is 0 Å². The number of hydrogen-bond donors (Lipinski definition) is 2. The number of thioether (sulfide) groups is 1. The summed E-state index contributed by atoms with van der Waals surface area (Å²) in [6.07, 6.45) is 2.04. The molecule has 0 bridgehead atoms. The lowest BCUT2D eigenvalue weighted by Crippen LogP contribution is -2.49. The molecule has 0 spiro atoms. The molecule has 3 nitrogen and oxygen atoms in total. The Morgan fingerprint density at radius 2 is 2.22 bits per heavy atom. The van der Waals surface area contributed by atoms with Crippen molar-refractivity contribution in [2.75, 3.05) is 12.4 Å². The maximum absolute atomic E-state index is 12.2. The van der Waals surface area contributed by atoms with Crippen molar-refractivity contribution in [1.82, 2.24) is 5.32 Å². The third-order valence-corrected chi connectivity index (χ3v) is 4.72. The maximum atomic E-state index is 12.2. The Labute approximate surface area is 112 Å². The fraction of sp³-hybridized carbons (Fsp3) is 0.500. The molecule has 0 aliphatic carbocycles. The minimum Gasteiger partial charge on any atom is -0.394 e. The molecule has 2 rings (SSSR count). The van der Waals surface area contributed by atoms with Gasteiger partial charge in [-0.3, -0.25) is 4.79 Å². The molecule has 0 saturated carbocycles. The van der Waals surface area contributed by atoms with Crippen LogP contribution in [0.4, 0.5) is 0 Å². The molecule has 1 aliphatic rings. The minimum atomic E-state index is -0.693. The van der Waals surface area contributed by atoms with Gasteiger partial charge in [-0.2, -0.15) is 0 Å². The fourth-order valence-corrected chi connectivity index (χ4v) is 3.31. The summed E-state index contributed by atoms with van der Waals surface area (Å²) in [5.74, 6) is 1.09. The number of nitrogens with one attached hydrogen (secondary N) is 1. The van der Waals surface area contributed by atoms with Crippen LogP contribution in [0.15, 0.2) is 30.3 Å². The summed E-state index contributed by atoms with van der Waals surface area (Å²) in [6, 6.07) is 9.62. The SMILES string of the molecule is CC(CO)(NC(=O)C1CCCS1)c1ccccc1. The van der Waals surface area contributed by atoms with Gasteiger partial charge in [-0.05, 0) is 31.1 Å². The number of aliphatic hydroxyl groups excluding tert-OH is 1.